The molecule has 0 aromatic carbocycles. The second-order valence-corrected chi connectivity index (χ2v) is 10.5. The fraction of sp³-hybridized carbons (Fsp3) is 0.720. The van der Waals surface area contributed by atoms with Crippen LogP contribution in [0, 0.1) is 0 Å². The zero-order chi connectivity index (χ0) is 24.1. The van der Waals surface area contributed by atoms with Crippen LogP contribution in [0.2, 0.25) is 0 Å². The van der Waals surface area contributed by atoms with E-state index in [4.69, 9.17) is 0 Å². The number of hydrogen-bond acceptors (Lipinski definition) is 3. The zero-order valence-corrected chi connectivity index (χ0v) is 20.8. The van der Waals surface area contributed by atoms with Crippen LogP contribution in [0.5, 0.6) is 0 Å². The van der Waals surface area contributed by atoms with E-state index in [1.165, 1.54) is 15.8 Å². The first-order valence-electron chi connectivity index (χ1n) is 12.3. The normalized spacial score (nSPS) is 19.7. The number of fused-ring (bicyclic) bond motifs is 2. The van der Waals surface area contributed by atoms with Crippen LogP contribution >= 0.6 is 0 Å². The van der Waals surface area contributed by atoms with Crippen molar-refractivity contribution in [3.8, 4) is 0 Å². The maximum absolute atomic E-state index is 13.6. The summed E-state index contributed by atoms with van der Waals surface area (Å²) in [7, 11) is 0. The van der Waals surface area contributed by atoms with E-state index in [9.17, 15) is 13.2 Å². The molecule has 2 unspecified atom stereocenters. The topological polar surface area (TPSA) is 29.2 Å². The molecule has 4 rings (SSSR count). The molecule has 2 aromatic rings. The fourth-order valence-electron chi connectivity index (χ4n) is 5.57. The molecule has 2 atom stereocenters. The maximum atomic E-state index is 13.6. The third-order valence-electron chi connectivity index (χ3n) is 7.54. The Bertz CT molecular complexity index is 972. The molecule has 0 spiro atoms. The van der Waals surface area contributed by atoms with Crippen molar-refractivity contribution in [2.24, 2.45) is 0 Å². The Hall–Kier alpha value is -1.80. The van der Waals surface area contributed by atoms with Crippen molar-refractivity contribution in [2.75, 3.05) is 13.1 Å². The predicted octanol–water partition coefficient (Wildman–Crippen LogP) is 5.45. The molecule has 0 saturated carbocycles. The van der Waals surface area contributed by atoms with Crippen LogP contribution in [0.15, 0.2) is 12.3 Å². The number of aromatic nitrogens is 3. The van der Waals surface area contributed by atoms with Crippen LogP contribution in [-0.4, -0.2) is 49.1 Å². The van der Waals surface area contributed by atoms with Crippen LogP contribution in [-0.2, 0) is 32.4 Å². The quantitative estimate of drug-likeness (QED) is 0.568. The van der Waals surface area contributed by atoms with Gasteiger partial charge in [-0.25, -0.2) is 4.98 Å². The largest absolute Gasteiger partial charge is 0.449 e. The molecule has 33 heavy (non-hydrogen) atoms. The van der Waals surface area contributed by atoms with Crippen molar-refractivity contribution in [1.82, 2.24) is 23.9 Å². The van der Waals surface area contributed by atoms with Gasteiger partial charge in [-0.15, -0.1) is 0 Å². The zero-order valence-electron chi connectivity index (χ0n) is 20.8. The fourth-order valence-corrected chi connectivity index (χ4v) is 5.57. The summed E-state index contributed by atoms with van der Waals surface area (Å²) in [6.07, 6.45) is -1.21. The summed E-state index contributed by atoms with van der Waals surface area (Å²) in [5.41, 5.74) is 4.15. The molecule has 2 aliphatic heterocycles. The van der Waals surface area contributed by atoms with Gasteiger partial charge in [0.25, 0.3) is 0 Å². The molecule has 5 nitrogen and oxygen atoms in total. The Kier molecular flexibility index (Phi) is 6.71. The van der Waals surface area contributed by atoms with Gasteiger partial charge in [-0.05, 0) is 50.7 Å². The van der Waals surface area contributed by atoms with E-state index in [-0.39, 0.29) is 12.0 Å². The highest BCUT2D eigenvalue weighted by molar-refractivity contribution is 5.28. The molecule has 0 fully saturated rings. The van der Waals surface area contributed by atoms with Gasteiger partial charge in [0.05, 0.1) is 11.4 Å². The first kappa shape index (κ1) is 24.3. The highest BCUT2D eigenvalue weighted by atomic mass is 19.4. The second-order valence-electron chi connectivity index (χ2n) is 10.5. The Balaban J connectivity index is 1.49. The summed E-state index contributed by atoms with van der Waals surface area (Å²) in [5.74, 6) is -0.379. The highest BCUT2D eigenvalue weighted by Gasteiger charge is 2.41. The predicted molar refractivity (Wildman–Crippen MR) is 124 cm³/mol. The first-order valence-corrected chi connectivity index (χ1v) is 12.3. The van der Waals surface area contributed by atoms with Crippen LogP contribution in [0.4, 0.5) is 13.2 Å². The molecule has 184 valence electrons. The van der Waals surface area contributed by atoms with Gasteiger partial charge in [0, 0.05) is 63.2 Å². The molecule has 2 aromatic heterocycles. The van der Waals surface area contributed by atoms with Crippen LogP contribution < -0.4 is 0 Å². The summed E-state index contributed by atoms with van der Waals surface area (Å²) in [6, 6.07) is 3.08. The minimum Gasteiger partial charge on any atom is -0.349 e. The lowest BCUT2D eigenvalue weighted by Crippen LogP contribution is -2.41. The van der Waals surface area contributed by atoms with Gasteiger partial charge >= 0.3 is 6.18 Å². The van der Waals surface area contributed by atoms with Gasteiger partial charge in [0.2, 0.25) is 5.82 Å². The molecule has 0 aliphatic carbocycles. The van der Waals surface area contributed by atoms with E-state index in [1.54, 1.807) is 0 Å². The van der Waals surface area contributed by atoms with E-state index >= 15 is 0 Å². The smallest absolute Gasteiger partial charge is 0.349 e. The molecule has 0 saturated heterocycles. The molecule has 0 bridgehead atoms. The van der Waals surface area contributed by atoms with Gasteiger partial charge in [0.1, 0.15) is 0 Å². The number of imidazole rings is 1. The molecular weight excluding hydrogens is 427 g/mol. The van der Waals surface area contributed by atoms with Gasteiger partial charge in [0.15, 0.2) is 0 Å². The summed E-state index contributed by atoms with van der Waals surface area (Å²) >= 11 is 0. The van der Waals surface area contributed by atoms with E-state index in [0.29, 0.717) is 37.3 Å². The van der Waals surface area contributed by atoms with Crippen LogP contribution in [0.25, 0.3) is 0 Å². The molecule has 4 heterocycles. The minimum atomic E-state index is -4.41. The molecule has 2 aliphatic rings. The van der Waals surface area contributed by atoms with Crippen LogP contribution in [0.1, 0.15) is 88.3 Å². The monoisotopic (exact) mass is 465 g/mol. The van der Waals surface area contributed by atoms with E-state index < -0.39 is 12.0 Å². The van der Waals surface area contributed by atoms with Gasteiger partial charge in [-0.3, -0.25) is 9.80 Å². The maximum Gasteiger partial charge on any atom is 0.449 e. The average molecular weight is 466 g/mol. The van der Waals surface area contributed by atoms with Crippen molar-refractivity contribution < 1.29 is 13.2 Å². The number of halogens is 3. The van der Waals surface area contributed by atoms with Gasteiger partial charge in [-0.2, -0.15) is 13.2 Å². The molecule has 0 N–H and O–H groups in total. The average Bonchev–Trinajstić information content (AvgIpc) is 3.34. The molecule has 0 amide bonds. The van der Waals surface area contributed by atoms with Crippen molar-refractivity contribution in [2.45, 2.75) is 104 Å². The highest BCUT2D eigenvalue weighted by Crippen LogP contribution is 2.36. The third-order valence-corrected chi connectivity index (χ3v) is 7.54. The van der Waals surface area contributed by atoms with Crippen molar-refractivity contribution in [3.05, 3.63) is 40.7 Å². The summed E-state index contributed by atoms with van der Waals surface area (Å²) in [6.45, 7) is 17.4. The summed E-state index contributed by atoms with van der Waals surface area (Å²) in [4.78, 5) is 8.89. The molecular formula is C25H38F3N5. The number of rotatable bonds is 6. The van der Waals surface area contributed by atoms with Gasteiger partial charge < -0.3 is 9.13 Å². The van der Waals surface area contributed by atoms with E-state index in [2.05, 4.69) is 59.3 Å². The number of nitrogens with zero attached hydrogens (tertiary/aromatic N) is 5. The summed E-state index contributed by atoms with van der Waals surface area (Å²) < 4.78 is 44.5. The minimum absolute atomic E-state index is 0.0340. The van der Waals surface area contributed by atoms with Crippen molar-refractivity contribution in [1.29, 1.82) is 0 Å². The Morgan fingerprint density at radius 2 is 1.58 bits per heavy atom. The lowest BCUT2D eigenvalue weighted by atomic mass is 9.92. The Morgan fingerprint density at radius 1 is 0.909 bits per heavy atom. The van der Waals surface area contributed by atoms with E-state index in [1.807, 2.05) is 13.8 Å². The Labute approximate surface area is 195 Å². The lowest BCUT2D eigenvalue weighted by molar-refractivity contribution is -0.147. The Morgan fingerprint density at radius 3 is 2.21 bits per heavy atom. The lowest BCUT2D eigenvalue weighted by Gasteiger charge is -2.36. The number of hydrogen-bond donors (Lipinski definition) is 0. The first-order chi connectivity index (χ1) is 15.5. The molecule has 8 heteroatoms. The van der Waals surface area contributed by atoms with Gasteiger partial charge in [-0.1, -0.05) is 20.8 Å². The van der Waals surface area contributed by atoms with Crippen LogP contribution in [0.3, 0.4) is 0 Å². The summed E-state index contributed by atoms with van der Waals surface area (Å²) in [5, 5.41) is 0. The molecule has 0 radical (unpaired) electrons. The van der Waals surface area contributed by atoms with E-state index in [0.717, 1.165) is 31.7 Å². The van der Waals surface area contributed by atoms with Crippen molar-refractivity contribution >= 4 is 0 Å². The third kappa shape index (κ3) is 4.74. The van der Waals surface area contributed by atoms with Crippen molar-refractivity contribution in [3.63, 3.8) is 0 Å². The second kappa shape index (κ2) is 9.10. The SMILES string of the molecule is CC(C)c1nc(C(F)(F)F)n2c1CN(C(C)CC(C)c1ccn3c1CN(C(C)C)CC3)CC2. The standard InChI is InChI=1S/C25H38F3N5/c1-16(2)23-22-15-32(11-12-33(22)24(29-23)25(26,27)28)19(6)13-18(5)20-7-8-30-9-10-31(17(3)4)14-21(20)30/h7-8,16-19H,9-15H2,1-6H3. The number of alkyl halides is 3.